The minimum Gasteiger partial charge on any atom is -0.374 e. The molecule has 2 fully saturated rings. The van der Waals surface area contributed by atoms with Crippen LogP contribution in [-0.2, 0) is 93.6 Å². The Morgan fingerprint density at radius 3 is 1.12 bits per heavy atom. The zero-order chi connectivity index (χ0) is 49.1. The fourth-order valence-electron chi connectivity index (χ4n) is 9.13. The van der Waals surface area contributed by atoms with Gasteiger partial charge in [-0.05, 0) is 38.9 Å². The van der Waals surface area contributed by atoms with E-state index >= 15 is 0 Å². The molecule has 7 aromatic rings. The Morgan fingerprint density at radius 2 is 0.708 bits per heavy atom. The van der Waals surface area contributed by atoms with Crippen molar-refractivity contribution in [2.24, 2.45) is 5.73 Å². The molecule has 2 N–H and O–H groups in total. The molecule has 7 aromatic carbocycles. The molecule has 0 unspecified atom stereocenters. The van der Waals surface area contributed by atoms with Gasteiger partial charge in [0.05, 0.1) is 52.9 Å². The first-order valence-electron chi connectivity index (χ1n) is 24.8. The summed E-state index contributed by atoms with van der Waals surface area (Å²) in [6.45, 7) is 1.97. The molecule has 11 heteroatoms. The van der Waals surface area contributed by atoms with Crippen LogP contribution in [0.5, 0.6) is 0 Å². The summed E-state index contributed by atoms with van der Waals surface area (Å²) in [6.07, 6.45) is -6.58. The predicted octanol–water partition coefficient (Wildman–Crippen LogP) is 10.1. The quantitative estimate of drug-likeness (QED) is 0.0559. The maximum Gasteiger partial charge on any atom is 0.224 e. The number of ether oxygens (including phenoxy) is 10. The average Bonchev–Trinajstić information content (AvgIpc) is 3.73. The van der Waals surface area contributed by atoms with Gasteiger partial charge in [0, 0.05) is 6.54 Å². The molecule has 374 valence electrons. The van der Waals surface area contributed by atoms with Crippen LogP contribution in [0.4, 0.5) is 0 Å². The van der Waals surface area contributed by atoms with Crippen molar-refractivity contribution in [2.45, 2.75) is 101 Å². The molecule has 2 saturated heterocycles. The Bertz CT molecular complexity index is 2570. The van der Waals surface area contributed by atoms with Crippen LogP contribution in [0.25, 0.3) is 0 Å². The number of rotatable bonds is 26. The maximum atomic E-state index is 7.54. The lowest BCUT2D eigenvalue weighted by Gasteiger charge is -2.48. The van der Waals surface area contributed by atoms with Gasteiger partial charge in [0.15, 0.2) is 6.29 Å². The number of benzene rings is 7. The van der Waals surface area contributed by atoms with E-state index in [1.165, 1.54) is 0 Å². The average molecular weight is 972 g/mol. The molecule has 2 aliphatic rings. The van der Waals surface area contributed by atoms with Crippen molar-refractivity contribution in [2.75, 3.05) is 19.8 Å². The van der Waals surface area contributed by atoms with E-state index in [0.717, 1.165) is 38.9 Å². The van der Waals surface area contributed by atoms with Gasteiger partial charge in [-0.3, -0.25) is 0 Å². The second-order valence-corrected chi connectivity index (χ2v) is 18.1. The molecule has 72 heavy (non-hydrogen) atoms. The van der Waals surface area contributed by atoms with Gasteiger partial charge < -0.3 is 53.1 Å². The van der Waals surface area contributed by atoms with E-state index in [-0.39, 0.29) is 59.4 Å². The highest BCUT2D eigenvalue weighted by Crippen LogP contribution is 2.42. The van der Waals surface area contributed by atoms with E-state index in [1.54, 1.807) is 0 Å². The molecule has 0 amide bonds. The maximum absolute atomic E-state index is 7.54. The Morgan fingerprint density at radius 1 is 0.361 bits per heavy atom. The molecule has 0 spiro atoms. The van der Waals surface area contributed by atoms with Crippen molar-refractivity contribution in [1.29, 1.82) is 0 Å². The zero-order valence-corrected chi connectivity index (χ0v) is 40.6. The first-order chi connectivity index (χ1) is 35.6. The highest BCUT2D eigenvalue weighted by Gasteiger charge is 2.61. The SMILES string of the molecule is NC[C@H]1O[C@@](COCc2ccccc2)(O[C@H]2O[C@H](COCc3ccccc3)[C@@H](OCc3ccccc3)[C@H](OCc3ccccc3)[C@H]2OCc2ccccc2)[C@@H](OCc2ccccc2)[C@@H]1OCc1ccccc1. The van der Waals surface area contributed by atoms with E-state index in [1.807, 2.05) is 212 Å². The van der Waals surface area contributed by atoms with Crippen molar-refractivity contribution in [3.63, 3.8) is 0 Å². The molecule has 2 heterocycles. The van der Waals surface area contributed by atoms with Gasteiger partial charge in [0.25, 0.3) is 0 Å². The molecule has 9 atom stereocenters. The van der Waals surface area contributed by atoms with Crippen molar-refractivity contribution < 1.29 is 47.4 Å². The van der Waals surface area contributed by atoms with E-state index in [2.05, 4.69) is 0 Å². The molecule has 0 aliphatic carbocycles. The third-order valence-electron chi connectivity index (χ3n) is 12.8. The van der Waals surface area contributed by atoms with Crippen molar-refractivity contribution in [3.05, 3.63) is 251 Å². The summed E-state index contributed by atoms with van der Waals surface area (Å²) >= 11 is 0. The van der Waals surface area contributed by atoms with Gasteiger partial charge in [-0.2, -0.15) is 0 Å². The van der Waals surface area contributed by atoms with Crippen molar-refractivity contribution in [3.8, 4) is 0 Å². The molecule has 0 radical (unpaired) electrons. The van der Waals surface area contributed by atoms with Crippen LogP contribution in [0.2, 0.25) is 0 Å². The predicted molar refractivity (Wildman–Crippen MR) is 274 cm³/mol. The summed E-state index contributed by atoms with van der Waals surface area (Å²) in [5.41, 5.74) is 13.5. The topological polar surface area (TPSA) is 118 Å². The van der Waals surface area contributed by atoms with Crippen LogP contribution in [0.1, 0.15) is 38.9 Å². The second-order valence-electron chi connectivity index (χ2n) is 18.1. The molecule has 11 nitrogen and oxygen atoms in total. The Labute approximate surface area is 423 Å². The molecule has 2 aliphatic heterocycles. The monoisotopic (exact) mass is 971 g/mol. The first-order valence-corrected chi connectivity index (χ1v) is 24.8. The van der Waals surface area contributed by atoms with Gasteiger partial charge in [0.2, 0.25) is 5.79 Å². The number of hydrogen-bond donors (Lipinski definition) is 1. The lowest BCUT2D eigenvalue weighted by Crippen LogP contribution is -2.64. The van der Waals surface area contributed by atoms with Crippen molar-refractivity contribution in [1.82, 2.24) is 0 Å². The third-order valence-corrected chi connectivity index (χ3v) is 12.8. The lowest BCUT2D eigenvalue weighted by atomic mass is 9.97. The molecule has 0 bridgehead atoms. The van der Waals surface area contributed by atoms with Crippen LogP contribution < -0.4 is 5.73 Å². The van der Waals surface area contributed by atoms with Gasteiger partial charge in [-0.1, -0.05) is 212 Å². The van der Waals surface area contributed by atoms with Gasteiger partial charge in [0.1, 0.15) is 49.3 Å². The minimum absolute atomic E-state index is 0.0903. The summed E-state index contributed by atoms with van der Waals surface area (Å²) in [7, 11) is 0. The van der Waals surface area contributed by atoms with Crippen LogP contribution in [0, 0.1) is 0 Å². The number of nitrogens with two attached hydrogens (primary N) is 1. The van der Waals surface area contributed by atoms with Gasteiger partial charge in [-0.25, -0.2) is 0 Å². The minimum atomic E-state index is -1.68. The normalized spacial score (nSPS) is 24.0. The van der Waals surface area contributed by atoms with Crippen LogP contribution in [0.3, 0.4) is 0 Å². The lowest BCUT2D eigenvalue weighted by molar-refractivity contribution is -0.398. The van der Waals surface area contributed by atoms with Crippen LogP contribution >= 0.6 is 0 Å². The van der Waals surface area contributed by atoms with E-state index in [4.69, 9.17) is 53.1 Å². The van der Waals surface area contributed by atoms with Gasteiger partial charge in [-0.15, -0.1) is 0 Å². The molecule has 0 aromatic heterocycles. The fraction of sp³-hybridized carbons (Fsp3) is 0.311. The largest absolute Gasteiger partial charge is 0.374 e. The third kappa shape index (κ3) is 14.2. The van der Waals surface area contributed by atoms with E-state index in [0.29, 0.717) is 6.61 Å². The fourth-order valence-corrected chi connectivity index (χ4v) is 9.13. The highest BCUT2D eigenvalue weighted by atomic mass is 16.8. The number of hydrogen-bond acceptors (Lipinski definition) is 11. The molecular weight excluding hydrogens is 907 g/mol. The highest BCUT2D eigenvalue weighted by molar-refractivity contribution is 5.19. The Kier molecular flexibility index (Phi) is 18.9. The second kappa shape index (κ2) is 26.7. The summed E-state index contributed by atoms with van der Waals surface area (Å²) in [5, 5.41) is 0. The Balaban J connectivity index is 1.12. The standard InChI is InChI=1S/C61H65NO10/c62-36-53-56(66-40-49-28-14-4-15-29-49)59(69-43-52-34-20-7-21-35-52)61(71-53,45-64-38-47-24-10-2-11-25-47)72-60-58(68-42-51-32-18-6-19-33-51)57(67-41-50-30-16-5-17-31-50)55(65-39-48-26-12-3-13-27-48)54(70-60)44-63-37-46-22-8-1-9-23-46/h1-35,53-60H,36-45,62H2/t53-,54-,55-,56-,57+,58-,59+,60-,61+/m1/s1. The Hall–Kier alpha value is -5.90. The zero-order valence-electron chi connectivity index (χ0n) is 40.6. The van der Waals surface area contributed by atoms with E-state index in [9.17, 15) is 0 Å². The molecular formula is C61H65NO10. The molecule has 0 saturated carbocycles. The van der Waals surface area contributed by atoms with Crippen LogP contribution in [-0.4, -0.2) is 74.6 Å². The van der Waals surface area contributed by atoms with Crippen molar-refractivity contribution >= 4 is 0 Å². The summed E-state index contributed by atoms with van der Waals surface area (Å²) in [4.78, 5) is 0. The van der Waals surface area contributed by atoms with Crippen LogP contribution in [0.15, 0.2) is 212 Å². The van der Waals surface area contributed by atoms with E-state index < -0.39 is 54.8 Å². The summed E-state index contributed by atoms with van der Waals surface area (Å²) in [6, 6.07) is 70.1. The first kappa shape index (κ1) is 51.0. The van der Waals surface area contributed by atoms with Gasteiger partial charge >= 0.3 is 0 Å². The molecule has 9 rings (SSSR count). The smallest absolute Gasteiger partial charge is 0.224 e. The summed E-state index contributed by atoms with van der Waals surface area (Å²) < 4.78 is 70.2. The summed E-state index contributed by atoms with van der Waals surface area (Å²) in [5.74, 6) is -1.68.